The minimum Gasteiger partial charge on any atom is -0.497 e. The smallest absolute Gasteiger partial charge is 0.260 e. The standard InChI is InChI=1S/C22H27N3O2S.ClH/c1-5-24(6-2)13-14-25(21(26)18-10-8-7-9-16(18)3)22-23-19-12-11-17(27-4)15-20(19)28-22;/h7-12,15H,5-6,13-14H2,1-4H3;1H. The first-order valence-electron chi connectivity index (χ1n) is 9.61. The molecule has 0 aliphatic rings. The molecular weight excluding hydrogens is 406 g/mol. The van der Waals surface area contributed by atoms with E-state index >= 15 is 0 Å². The Labute approximate surface area is 182 Å². The van der Waals surface area contributed by atoms with E-state index in [-0.39, 0.29) is 18.3 Å². The topological polar surface area (TPSA) is 45.7 Å². The Hall–Kier alpha value is -2.15. The van der Waals surface area contributed by atoms with Crippen LogP contribution in [0.1, 0.15) is 29.8 Å². The second-order valence-electron chi connectivity index (χ2n) is 6.63. The lowest BCUT2D eigenvalue weighted by atomic mass is 10.1. The molecule has 0 saturated heterocycles. The van der Waals surface area contributed by atoms with Gasteiger partial charge in [0, 0.05) is 18.7 Å². The van der Waals surface area contributed by atoms with Crippen LogP contribution in [0.15, 0.2) is 42.5 Å². The molecule has 0 aliphatic carbocycles. The van der Waals surface area contributed by atoms with Gasteiger partial charge in [-0.3, -0.25) is 9.69 Å². The summed E-state index contributed by atoms with van der Waals surface area (Å²) in [6, 6.07) is 13.5. The largest absolute Gasteiger partial charge is 0.497 e. The number of carbonyl (C=O) groups excluding carboxylic acids is 1. The van der Waals surface area contributed by atoms with Gasteiger partial charge in [-0.05, 0) is 49.8 Å². The highest BCUT2D eigenvalue weighted by atomic mass is 35.5. The number of benzene rings is 2. The Bertz CT molecular complexity index is 956. The van der Waals surface area contributed by atoms with Crippen molar-refractivity contribution in [1.29, 1.82) is 0 Å². The van der Waals surface area contributed by atoms with Crippen molar-refractivity contribution in [2.24, 2.45) is 0 Å². The Balaban J connectivity index is 0.00000300. The molecule has 0 spiro atoms. The highest BCUT2D eigenvalue weighted by molar-refractivity contribution is 7.22. The maximum absolute atomic E-state index is 13.4. The first-order valence-corrected chi connectivity index (χ1v) is 10.4. The van der Waals surface area contributed by atoms with Gasteiger partial charge in [0.05, 0.1) is 17.3 Å². The second kappa shape index (κ2) is 10.6. The van der Waals surface area contributed by atoms with E-state index in [0.29, 0.717) is 6.54 Å². The highest BCUT2D eigenvalue weighted by Gasteiger charge is 2.23. The number of ether oxygens (including phenoxy) is 1. The molecule has 156 valence electrons. The number of aryl methyl sites for hydroxylation is 1. The summed E-state index contributed by atoms with van der Waals surface area (Å²) in [6.07, 6.45) is 0. The van der Waals surface area contributed by atoms with Gasteiger partial charge in [0.25, 0.3) is 5.91 Å². The van der Waals surface area contributed by atoms with Gasteiger partial charge in [-0.1, -0.05) is 43.4 Å². The van der Waals surface area contributed by atoms with Crippen molar-refractivity contribution >= 4 is 45.0 Å². The van der Waals surface area contributed by atoms with Crippen LogP contribution < -0.4 is 9.64 Å². The fourth-order valence-corrected chi connectivity index (χ4v) is 4.18. The molecule has 0 atom stereocenters. The maximum Gasteiger partial charge on any atom is 0.260 e. The first-order chi connectivity index (χ1) is 13.6. The Morgan fingerprint density at radius 2 is 1.83 bits per heavy atom. The maximum atomic E-state index is 13.4. The second-order valence-corrected chi connectivity index (χ2v) is 7.64. The van der Waals surface area contributed by atoms with Crippen LogP contribution in [0.2, 0.25) is 0 Å². The van der Waals surface area contributed by atoms with Crippen molar-refractivity contribution in [3.8, 4) is 5.75 Å². The number of amides is 1. The molecule has 0 saturated carbocycles. The molecule has 7 heteroatoms. The van der Waals surface area contributed by atoms with Gasteiger partial charge >= 0.3 is 0 Å². The van der Waals surface area contributed by atoms with E-state index in [1.54, 1.807) is 7.11 Å². The molecule has 0 unspecified atom stereocenters. The van der Waals surface area contributed by atoms with Gasteiger partial charge in [0.15, 0.2) is 5.13 Å². The zero-order valence-corrected chi connectivity index (χ0v) is 19.0. The van der Waals surface area contributed by atoms with E-state index in [2.05, 4.69) is 18.7 Å². The van der Waals surface area contributed by atoms with Crippen molar-refractivity contribution in [1.82, 2.24) is 9.88 Å². The lowest BCUT2D eigenvalue weighted by molar-refractivity contribution is 0.0983. The third-order valence-electron chi connectivity index (χ3n) is 4.97. The molecular formula is C22H28ClN3O2S. The average Bonchev–Trinajstić information content (AvgIpc) is 3.14. The number of carbonyl (C=O) groups is 1. The molecule has 1 heterocycles. The van der Waals surface area contributed by atoms with Crippen LogP contribution in [-0.2, 0) is 0 Å². The van der Waals surface area contributed by atoms with Crippen LogP contribution in [0, 0.1) is 6.92 Å². The van der Waals surface area contributed by atoms with Crippen LogP contribution in [0.3, 0.4) is 0 Å². The third-order valence-corrected chi connectivity index (χ3v) is 6.01. The molecule has 2 aromatic carbocycles. The summed E-state index contributed by atoms with van der Waals surface area (Å²) in [7, 11) is 1.65. The zero-order valence-electron chi connectivity index (χ0n) is 17.3. The fraction of sp³-hybridized carbons (Fsp3) is 0.364. The Kier molecular flexibility index (Phi) is 8.44. The summed E-state index contributed by atoms with van der Waals surface area (Å²) < 4.78 is 6.34. The van der Waals surface area contributed by atoms with E-state index < -0.39 is 0 Å². The number of methoxy groups -OCH3 is 1. The number of hydrogen-bond donors (Lipinski definition) is 0. The predicted octanol–water partition coefficient (Wildman–Crippen LogP) is 5.02. The summed E-state index contributed by atoms with van der Waals surface area (Å²) in [6.45, 7) is 9.58. The van der Waals surface area contributed by atoms with E-state index in [1.807, 2.05) is 54.3 Å². The highest BCUT2D eigenvalue weighted by Crippen LogP contribution is 2.32. The molecule has 5 nitrogen and oxygen atoms in total. The Morgan fingerprint density at radius 3 is 2.48 bits per heavy atom. The molecule has 0 bridgehead atoms. The monoisotopic (exact) mass is 433 g/mol. The molecule has 1 aromatic heterocycles. The Morgan fingerprint density at radius 1 is 1.10 bits per heavy atom. The number of halogens is 1. The average molecular weight is 434 g/mol. The van der Waals surface area contributed by atoms with Gasteiger partial charge in [0.1, 0.15) is 5.75 Å². The lowest BCUT2D eigenvalue weighted by Crippen LogP contribution is -2.39. The number of likely N-dealkylation sites (N-methyl/N-ethyl adjacent to an activating group) is 1. The van der Waals surface area contributed by atoms with Gasteiger partial charge in [-0.25, -0.2) is 4.98 Å². The van der Waals surface area contributed by atoms with Crippen LogP contribution in [0.5, 0.6) is 5.75 Å². The number of thiazole rings is 1. The van der Waals surface area contributed by atoms with Crippen LogP contribution in [0.4, 0.5) is 5.13 Å². The summed E-state index contributed by atoms with van der Waals surface area (Å²) in [5.74, 6) is 0.791. The quantitative estimate of drug-likeness (QED) is 0.500. The van der Waals surface area contributed by atoms with E-state index in [0.717, 1.165) is 51.9 Å². The molecule has 0 N–H and O–H groups in total. The van der Waals surface area contributed by atoms with Gasteiger partial charge in [0.2, 0.25) is 0 Å². The van der Waals surface area contributed by atoms with Gasteiger partial charge < -0.3 is 9.64 Å². The van der Waals surface area contributed by atoms with Gasteiger partial charge in [-0.2, -0.15) is 0 Å². The fourth-order valence-electron chi connectivity index (χ4n) is 3.16. The van der Waals surface area contributed by atoms with Crippen molar-refractivity contribution in [2.45, 2.75) is 20.8 Å². The normalized spacial score (nSPS) is 10.8. The van der Waals surface area contributed by atoms with Crippen molar-refractivity contribution in [3.63, 3.8) is 0 Å². The first kappa shape index (κ1) is 23.1. The summed E-state index contributed by atoms with van der Waals surface area (Å²) in [5, 5.41) is 0.726. The van der Waals surface area contributed by atoms with Crippen molar-refractivity contribution in [3.05, 3.63) is 53.6 Å². The number of hydrogen-bond acceptors (Lipinski definition) is 5. The summed E-state index contributed by atoms with van der Waals surface area (Å²) in [4.78, 5) is 22.3. The van der Waals surface area contributed by atoms with E-state index in [4.69, 9.17) is 9.72 Å². The van der Waals surface area contributed by atoms with Gasteiger partial charge in [-0.15, -0.1) is 12.4 Å². The van der Waals surface area contributed by atoms with E-state index in [9.17, 15) is 4.79 Å². The molecule has 0 fully saturated rings. The lowest BCUT2D eigenvalue weighted by Gasteiger charge is -2.25. The molecule has 0 aliphatic heterocycles. The van der Waals surface area contributed by atoms with Crippen LogP contribution >= 0.6 is 23.7 Å². The predicted molar refractivity (Wildman–Crippen MR) is 124 cm³/mol. The summed E-state index contributed by atoms with van der Waals surface area (Å²) >= 11 is 1.53. The number of fused-ring (bicyclic) bond motifs is 1. The molecule has 1 amide bonds. The van der Waals surface area contributed by atoms with Crippen molar-refractivity contribution < 1.29 is 9.53 Å². The number of anilines is 1. The van der Waals surface area contributed by atoms with Crippen LogP contribution in [0.25, 0.3) is 10.2 Å². The summed E-state index contributed by atoms with van der Waals surface area (Å²) in [5.41, 5.74) is 2.58. The molecule has 0 radical (unpaired) electrons. The minimum atomic E-state index is -0.00345. The van der Waals surface area contributed by atoms with Crippen molar-refractivity contribution in [2.75, 3.05) is 38.2 Å². The molecule has 3 aromatic rings. The SMILES string of the molecule is CCN(CC)CCN(C(=O)c1ccccc1C)c1nc2ccc(OC)cc2s1.Cl. The molecule has 29 heavy (non-hydrogen) atoms. The minimum absolute atomic E-state index is 0. The van der Waals surface area contributed by atoms with Crippen LogP contribution in [-0.4, -0.2) is 49.1 Å². The number of aromatic nitrogens is 1. The van der Waals surface area contributed by atoms with E-state index in [1.165, 1.54) is 11.3 Å². The number of rotatable bonds is 8. The molecule has 3 rings (SSSR count). The number of nitrogens with zero attached hydrogens (tertiary/aromatic N) is 3. The zero-order chi connectivity index (χ0) is 20.1. The third kappa shape index (κ3) is 5.26.